The number of allylic oxidation sites excluding steroid dienone is 3. The molecule has 1 heteroatoms. The molecule has 1 aliphatic rings. The number of rotatable bonds is 5. The van der Waals surface area contributed by atoms with Crippen LogP contribution in [0, 0.1) is 5.92 Å². The summed E-state index contributed by atoms with van der Waals surface area (Å²) in [6.45, 7) is 2.23. The number of aliphatic hydroxyl groups excluding tert-OH is 1. The van der Waals surface area contributed by atoms with Crippen LogP contribution in [0.5, 0.6) is 0 Å². The van der Waals surface area contributed by atoms with Gasteiger partial charge in [-0.1, -0.05) is 44.1 Å². The number of hydrogen-bond acceptors (Lipinski definition) is 1. The van der Waals surface area contributed by atoms with E-state index in [1.165, 1.54) is 25.7 Å². The van der Waals surface area contributed by atoms with E-state index in [-0.39, 0.29) is 6.10 Å². The summed E-state index contributed by atoms with van der Waals surface area (Å²) in [5, 5.41) is 9.26. The average Bonchev–Trinajstić information content (AvgIpc) is 2.21. The topological polar surface area (TPSA) is 20.2 Å². The van der Waals surface area contributed by atoms with Gasteiger partial charge in [-0.3, -0.25) is 0 Å². The third-order valence-electron chi connectivity index (χ3n) is 2.73. The van der Waals surface area contributed by atoms with Crippen molar-refractivity contribution in [2.45, 2.75) is 51.6 Å². The molecule has 0 aromatic carbocycles. The number of hydrogen-bond donors (Lipinski definition) is 1. The molecule has 0 amide bonds. The molecule has 1 nitrogen and oxygen atoms in total. The van der Waals surface area contributed by atoms with Gasteiger partial charge in [0.25, 0.3) is 0 Å². The minimum absolute atomic E-state index is 0.195. The normalized spacial score (nSPS) is 27.3. The van der Waals surface area contributed by atoms with Crippen molar-refractivity contribution in [1.82, 2.24) is 0 Å². The van der Waals surface area contributed by atoms with Crippen molar-refractivity contribution in [2.75, 3.05) is 0 Å². The highest BCUT2D eigenvalue weighted by molar-refractivity contribution is 5.06. The Bertz CT molecular complexity index is 193. The van der Waals surface area contributed by atoms with Gasteiger partial charge in [0, 0.05) is 0 Å². The second kappa shape index (κ2) is 6.83. The van der Waals surface area contributed by atoms with Crippen molar-refractivity contribution in [2.24, 2.45) is 5.92 Å². The molecular formula is C13H22O. The van der Waals surface area contributed by atoms with Gasteiger partial charge in [0.2, 0.25) is 0 Å². The van der Waals surface area contributed by atoms with Crippen molar-refractivity contribution < 1.29 is 5.11 Å². The van der Waals surface area contributed by atoms with Gasteiger partial charge in [-0.05, 0) is 31.6 Å². The van der Waals surface area contributed by atoms with Gasteiger partial charge < -0.3 is 5.11 Å². The molecule has 0 saturated heterocycles. The van der Waals surface area contributed by atoms with E-state index in [1.54, 1.807) is 0 Å². The maximum atomic E-state index is 9.26. The minimum Gasteiger partial charge on any atom is -0.389 e. The SMILES string of the molecule is CCCCC/C=C/[C@H]1C=C[C@H](O)CC1. The Balaban J connectivity index is 2.14. The molecule has 0 saturated carbocycles. The molecule has 0 aromatic heterocycles. The van der Waals surface area contributed by atoms with E-state index < -0.39 is 0 Å². The molecule has 0 heterocycles. The molecule has 1 N–H and O–H groups in total. The van der Waals surface area contributed by atoms with Crippen LogP contribution < -0.4 is 0 Å². The van der Waals surface area contributed by atoms with Crippen molar-refractivity contribution in [3.05, 3.63) is 24.3 Å². The Hall–Kier alpha value is -0.560. The third kappa shape index (κ3) is 4.61. The Morgan fingerprint density at radius 2 is 2.14 bits per heavy atom. The Morgan fingerprint density at radius 1 is 1.29 bits per heavy atom. The summed E-state index contributed by atoms with van der Waals surface area (Å²) < 4.78 is 0. The standard InChI is InChI=1S/C13H22O/c1-2-3-4-5-6-7-12-8-10-13(14)11-9-12/h6-8,10,12-14H,2-5,9,11H2,1H3/b7-6+/t12-,13-/m0/s1. The fourth-order valence-corrected chi connectivity index (χ4v) is 1.77. The summed E-state index contributed by atoms with van der Waals surface area (Å²) in [4.78, 5) is 0. The highest BCUT2D eigenvalue weighted by Gasteiger charge is 2.10. The summed E-state index contributed by atoms with van der Waals surface area (Å²) in [5.41, 5.74) is 0. The molecule has 0 aromatic rings. The Kier molecular flexibility index (Phi) is 5.62. The van der Waals surface area contributed by atoms with Gasteiger partial charge in [-0.2, -0.15) is 0 Å². The second-order valence-corrected chi connectivity index (χ2v) is 4.12. The lowest BCUT2D eigenvalue weighted by atomic mass is 9.93. The summed E-state index contributed by atoms with van der Waals surface area (Å²) in [7, 11) is 0. The van der Waals surface area contributed by atoms with Gasteiger partial charge >= 0.3 is 0 Å². The lowest BCUT2D eigenvalue weighted by Crippen LogP contribution is -2.10. The van der Waals surface area contributed by atoms with Gasteiger partial charge in [-0.25, -0.2) is 0 Å². The van der Waals surface area contributed by atoms with E-state index in [0.29, 0.717) is 5.92 Å². The zero-order valence-electron chi connectivity index (χ0n) is 9.15. The van der Waals surface area contributed by atoms with Gasteiger partial charge in [0.05, 0.1) is 6.10 Å². The summed E-state index contributed by atoms with van der Waals surface area (Å²) in [6.07, 6.45) is 15.6. The van der Waals surface area contributed by atoms with Crippen molar-refractivity contribution in [3.63, 3.8) is 0 Å². The van der Waals surface area contributed by atoms with Crippen LogP contribution in [0.15, 0.2) is 24.3 Å². The van der Waals surface area contributed by atoms with Crippen LogP contribution in [0.1, 0.15) is 45.4 Å². The number of aliphatic hydroxyl groups is 1. The molecule has 0 unspecified atom stereocenters. The van der Waals surface area contributed by atoms with Gasteiger partial charge in [0.15, 0.2) is 0 Å². The van der Waals surface area contributed by atoms with E-state index in [9.17, 15) is 5.11 Å². The summed E-state index contributed by atoms with van der Waals surface area (Å²) in [6, 6.07) is 0. The van der Waals surface area contributed by atoms with Crippen molar-refractivity contribution in [1.29, 1.82) is 0 Å². The first kappa shape index (κ1) is 11.5. The zero-order valence-corrected chi connectivity index (χ0v) is 9.15. The molecule has 0 aliphatic heterocycles. The first-order valence-electron chi connectivity index (χ1n) is 5.86. The molecule has 2 atom stereocenters. The van der Waals surface area contributed by atoms with Crippen LogP contribution in [0.3, 0.4) is 0 Å². The highest BCUT2D eigenvalue weighted by atomic mass is 16.3. The zero-order chi connectivity index (χ0) is 10.2. The second-order valence-electron chi connectivity index (χ2n) is 4.12. The number of unbranched alkanes of at least 4 members (excludes halogenated alkanes) is 3. The monoisotopic (exact) mass is 194 g/mol. The van der Waals surface area contributed by atoms with E-state index in [2.05, 4.69) is 25.2 Å². The Labute approximate surface area is 87.5 Å². The average molecular weight is 194 g/mol. The molecule has 0 spiro atoms. The van der Waals surface area contributed by atoms with Gasteiger partial charge in [0.1, 0.15) is 0 Å². The fraction of sp³-hybridized carbons (Fsp3) is 0.692. The smallest absolute Gasteiger partial charge is 0.0721 e. The summed E-state index contributed by atoms with van der Waals surface area (Å²) >= 11 is 0. The first-order valence-corrected chi connectivity index (χ1v) is 5.86. The lowest BCUT2D eigenvalue weighted by Gasteiger charge is -2.16. The molecule has 0 radical (unpaired) electrons. The Morgan fingerprint density at radius 3 is 2.79 bits per heavy atom. The largest absolute Gasteiger partial charge is 0.389 e. The molecular weight excluding hydrogens is 172 g/mol. The molecule has 0 fully saturated rings. The van der Waals surface area contributed by atoms with Crippen LogP contribution in [0.4, 0.5) is 0 Å². The molecule has 80 valence electrons. The van der Waals surface area contributed by atoms with E-state index in [4.69, 9.17) is 0 Å². The molecule has 1 aliphatic carbocycles. The predicted molar refractivity (Wildman–Crippen MR) is 61.2 cm³/mol. The van der Waals surface area contributed by atoms with Gasteiger partial charge in [-0.15, -0.1) is 0 Å². The van der Waals surface area contributed by atoms with Crippen LogP contribution in [-0.4, -0.2) is 11.2 Å². The highest BCUT2D eigenvalue weighted by Crippen LogP contribution is 2.18. The lowest BCUT2D eigenvalue weighted by molar-refractivity contribution is 0.199. The molecule has 0 bridgehead atoms. The maximum Gasteiger partial charge on any atom is 0.0721 e. The van der Waals surface area contributed by atoms with Crippen LogP contribution >= 0.6 is 0 Å². The van der Waals surface area contributed by atoms with Crippen LogP contribution in [-0.2, 0) is 0 Å². The van der Waals surface area contributed by atoms with E-state index in [1.807, 2.05) is 6.08 Å². The third-order valence-corrected chi connectivity index (χ3v) is 2.73. The van der Waals surface area contributed by atoms with Crippen molar-refractivity contribution >= 4 is 0 Å². The van der Waals surface area contributed by atoms with Crippen LogP contribution in [0.25, 0.3) is 0 Å². The maximum absolute atomic E-state index is 9.26. The first-order chi connectivity index (χ1) is 6.83. The summed E-state index contributed by atoms with van der Waals surface area (Å²) in [5.74, 6) is 0.569. The van der Waals surface area contributed by atoms with E-state index in [0.717, 1.165) is 12.8 Å². The fourth-order valence-electron chi connectivity index (χ4n) is 1.77. The molecule has 1 rings (SSSR count). The van der Waals surface area contributed by atoms with E-state index >= 15 is 0 Å². The van der Waals surface area contributed by atoms with Crippen LogP contribution in [0.2, 0.25) is 0 Å². The van der Waals surface area contributed by atoms with Crippen molar-refractivity contribution in [3.8, 4) is 0 Å². The predicted octanol–water partition coefficient (Wildman–Crippen LogP) is 3.45. The molecule has 14 heavy (non-hydrogen) atoms. The quantitative estimate of drug-likeness (QED) is 0.525. The minimum atomic E-state index is -0.195.